The van der Waals surface area contributed by atoms with E-state index >= 15 is 0 Å². The first-order valence-electron chi connectivity index (χ1n) is 14.0. The first-order chi connectivity index (χ1) is 19.6. The Kier molecular flexibility index (Phi) is 9.58. The fourth-order valence-electron chi connectivity index (χ4n) is 4.58. The van der Waals surface area contributed by atoms with Gasteiger partial charge in [0.05, 0.1) is 22.1 Å². The van der Waals surface area contributed by atoms with E-state index in [2.05, 4.69) is 91.8 Å². The second kappa shape index (κ2) is 13.7. The third-order valence-electron chi connectivity index (χ3n) is 6.89. The van der Waals surface area contributed by atoms with Gasteiger partial charge in [-0.3, -0.25) is 5.43 Å². The van der Waals surface area contributed by atoms with Crippen molar-refractivity contribution in [1.29, 1.82) is 0 Å². The first-order valence-corrected chi connectivity index (χ1v) is 15.6. The lowest BCUT2D eigenvalue weighted by molar-refractivity contribution is -0.538. The number of hydrazine groups is 1. The van der Waals surface area contributed by atoms with Crippen LogP contribution in [0.25, 0.3) is 0 Å². The van der Waals surface area contributed by atoms with E-state index in [9.17, 15) is 0 Å². The molecule has 0 saturated carbocycles. The minimum atomic E-state index is 0.604. The average molecular weight is 577 g/mol. The lowest BCUT2D eigenvalue weighted by Crippen LogP contribution is -2.83. The molecule has 11 heteroatoms. The number of aromatic nitrogens is 2. The number of nitrogens with zero attached hydrogens (tertiary/aromatic N) is 5. The van der Waals surface area contributed by atoms with Crippen molar-refractivity contribution in [2.45, 2.75) is 59.3 Å². The SMILES string of the molecule is CCCCCc1nnc(N=Nc2ccc(N[NH2+]c3ccc(NNc4ccc(N5CCCC5)s4)cc3C)cc2C)s1. The van der Waals surface area contributed by atoms with Crippen LogP contribution in [0, 0.1) is 13.8 Å². The Morgan fingerprint density at radius 1 is 0.875 bits per heavy atom. The summed E-state index contributed by atoms with van der Waals surface area (Å²) in [6.07, 6.45) is 7.09. The summed E-state index contributed by atoms with van der Waals surface area (Å²) in [5.41, 5.74) is 18.3. The van der Waals surface area contributed by atoms with Gasteiger partial charge in [-0.2, -0.15) is 0 Å². The van der Waals surface area contributed by atoms with E-state index in [-0.39, 0.29) is 0 Å². The van der Waals surface area contributed by atoms with Gasteiger partial charge in [-0.05, 0) is 81.1 Å². The van der Waals surface area contributed by atoms with E-state index in [4.69, 9.17) is 0 Å². The van der Waals surface area contributed by atoms with E-state index in [0.29, 0.717) is 5.13 Å². The number of nitrogens with one attached hydrogen (secondary N) is 3. The van der Waals surface area contributed by atoms with Gasteiger partial charge in [0, 0.05) is 31.1 Å². The molecular weight excluding hydrogens is 539 g/mol. The minimum absolute atomic E-state index is 0.604. The molecule has 0 spiro atoms. The van der Waals surface area contributed by atoms with Crippen molar-refractivity contribution in [3.8, 4) is 0 Å². The van der Waals surface area contributed by atoms with Crippen molar-refractivity contribution < 1.29 is 5.43 Å². The van der Waals surface area contributed by atoms with Crippen LogP contribution in [0.3, 0.4) is 0 Å². The molecule has 0 amide bonds. The van der Waals surface area contributed by atoms with Gasteiger partial charge in [-0.15, -0.1) is 20.4 Å². The number of azo groups is 1. The molecule has 1 saturated heterocycles. The van der Waals surface area contributed by atoms with Gasteiger partial charge in [0.15, 0.2) is 5.69 Å². The highest BCUT2D eigenvalue weighted by Gasteiger charge is 2.14. The maximum atomic E-state index is 4.41. The number of anilines is 4. The Morgan fingerprint density at radius 2 is 1.70 bits per heavy atom. The van der Waals surface area contributed by atoms with Crippen LogP contribution in [-0.4, -0.2) is 23.3 Å². The quantitative estimate of drug-likeness (QED) is 0.0429. The minimum Gasteiger partial charge on any atom is -0.363 e. The molecule has 2 aromatic carbocycles. The maximum Gasteiger partial charge on any atom is 0.251 e. The van der Waals surface area contributed by atoms with E-state index in [0.717, 1.165) is 51.2 Å². The first kappa shape index (κ1) is 28.0. The lowest BCUT2D eigenvalue weighted by Gasteiger charge is -2.14. The number of hydrogen-bond acceptors (Lipinski definition) is 10. The van der Waals surface area contributed by atoms with Crippen LogP contribution in [-0.2, 0) is 6.42 Å². The Hall–Kier alpha value is -3.54. The summed E-state index contributed by atoms with van der Waals surface area (Å²) in [6, 6.07) is 16.8. The van der Waals surface area contributed by atoms with E-state index < -0.39 is 0 Å². The van der Waals surface area contributed by atoms with Crippen LogP contribution in [0.15, 0.2) is 58.8 Å². The molecule has 1 aliphatic rings. The summed E-state index contributed by atoms with van der Waals surface area (Å²) in [5, 5.41) is 21.2. The van der Waals surface area contributed by atoms with Gasteiger partial charge < -0.3 is 10.3 Å². The molecule has 0 atom stereocenters. The summed E-state index contributed by atoms with van der Waals surface area (Å²) < 4.78 is 0. The largest absolute Gasteiger partial charge is 0.363 e. The van der Waals surface area contributed by atoms with Crippen LogP contribution in [0.5, 0.6) is 0 Å². The Bertz CT molecular complexity index is 1420. The van der Waals surface area contributed by atoms with Crippen molar-refractivity contribution in [3.63, 3.8) is 0 Å². The molecule has 40 heavy (non-hydrogen) atoms. The van der Waals surface area contributed by atoms with Gasteiger partial charge in [0.1, 0.15) is 10.0 Å². The van der Waals surface area contributed by atoms with Crippen molar-refractivity contribution >= 4 is 60.6 Å². The van der Waals surface area contributed by atoms with E-state index in [1.165, 1.54) is 60.7 Å². The molecule has 0 radical (unpaired) electrons. The zero-order chi connectivity index (χ0) is 27.7. The number of nitrogen functional groups attached to an aromatic ring is 1. The van der Waals surface area contributed by atoms with Crippen molar-refractivity contribution in [1.82, 2.24) is 10.2 Å². The van der Waals surface area contributed by atoms with Gasteiger partial charge in [0.2, 0.25) is 0 Å². The summed E-state index contributed by atoms with van der Waals surface area (Å²) in [6.45, 7) is 8.69. The fourth-order valence-corrected chi connectivity index (χ4v) is 6.19. The smallest absolute Gasteiger partial charge is 0.251 e. The Morgan fingerprint density at radius 3 is 2.50 bits per heavy atom. The van der Waals surface area contributed by atoms with Crippen molar-refractivity contribution in [3.05, 3.63) is 64.7 Å². The molecule has 9 nitrogen and oxygen atoms in total. The zero-order valence-electron chi connectivity index (χ0n) is 23.4. The molecule has 5 rings (SSSR count). The molecule has 0 bridgehead atoms. The number of thiophene rings is 1. The normalized spacial score (nSPS) is 13.3. The number of nitrogens with two attached hydrogens (primary N) is 1. The number of hydrogen-bond donors (Lipinski definition) is 4. The Balaban J connectivity index is 1.11. The molecule has 3 heterocycles. The predicted octanol–water partition coefficient (Wildman–Crippen LogP) is 7.63. The molecule has 1 aliphatic heterocycles. The van der Waals surface area contributed by atoms with Crippen LogP contribution in [0.2, 0.25) is 0 Å². The molecule has 0 aliphatic carbocycles. The van der Waals surface area contributed by atoms with E-state index in [1.807, 2.05) is 24.5 Å². The number of aryl methyl sites for hydroxylation is 3. The summed E-state index contributed by atoms with van der Waals surface area (Å²) in [7, 11) is 0. The summed E-state index contributed by atoms with van der Waals surface area (Å²) in [4.78, 5) is 2.46. The Labute approximate surface area is 244 Å². The van der Waals surface area contributed by atoms with Crippen LogP contribution in [0.1, 0.15) is 55.2 Å². The predicted molar refractivity (Wildman–Crippen MR) is 168 cm³/mol. The summed E-state index contributed by atoms with van der Waals surface area (Å²) >= 11 is 3.31. The number of benzene rings is 2. The molecule has 5 N–H and O–H groups in total. The van der Waals surface area contributed by atoms with Gasteiger partial charge in [-0.1, -0.05) is 42.4 Å². The molecule has 1 fully saturated rings. The van der Waals surface area contributed by atoms with Crippen LogP contribution >= 0.6 is 22.7 Å². The second-order valence-electron chi connectivity index (χ2n) is 10.1. The van der Waals surface area contributed by atoms with Gasteiger partial charge in [0.25, 0.3) is 5.13 Å². The van der Waals surface area contributed by atoms with Crippen LogP contribution < -0.4 is 26.6 Å². The molecule has 4 aromatic rings. The highest BCUT2D eigenvalue weighted by Crippen LogP contribution is 2.32. The average Bonchev–Trinajstić information content (AvgIpc) is 3.73. The second-order valence-corrected chi connectivity index (χ2v) is 12.2. The molecular formula is C29H38N9S2+. The third kappa shape index (κ3) is 7.56. The van der Waals surface area contributed by atoms with Crippen LogP contribution in [0.4, 0.5) is 37.9 Å². The monoisotopic (exact) mass is 576 g/mol. The molecule has 210 valence electrons. The third-order valence-corrected chi connectivity index (χ3v) is 8.82. The number of quaternary nitrogens is 1. The molecule has 0 unspecified atom stereocenters. The topological polar surface area (TPSA) is 106 Å². The maximum absolute atomic E-state index is 4.41. The van der Waals surface area contributed by atoms with Gasteiger partial charge in [-0.25, -0.2) is 10.9 Å². The highest BCUT2D eigenvalue weighted by molar-refractivity contribution is 7.20. The van der Waals surface area contributed by atoms with Crippen molar-refractivity contribution in [2.24, 2.45) is 10.2 Å². The van der Waals surface area contributed by atoms with E-state index in [1.54, 1.807) is 11.3 Å². The lowest BCUT2D eigenvalue weighted by atomic mass is 10.2. The standard InChI is InChI=1S/C29H37N9S2/c1-4-5-6-9-26-35-37-29(40-26)36-33-25-13-10-22(18-21(25)3)30-32-24-12-11-23(19-20(24)2)31-34-27-14-15-28(39-27)38-16-7-8-17-38/h10-15,18-19,30-32,34H,4-9,16-17H2,1-3H3/p+1. The van der Waals surface area contributed by atoms with Gasteiger partial charge >= 0.3 is 0 Å². The van der Waals surface area contributed by atoms with Crippen molar-refractivity contribution in [2.75, 3.05) is 34.3 Å². The zero-order valence-corrected chi connectivity index (χ0v) is 25.0. The number of rotatable bonds is 13. The summed E-state index contributed by atoms with van der Waals surface area (Å²) in [5.74, 6) is 0. The number of unbranched alkanes of at least 4 members (excludes halogenated alkanes) is 2. The highest BCUT2D eigenvalue weighted by atomic mass is 32.1. The fraction of sp³-hybridized carbons (Fsp3) is 0.379. The molecule has 2 aromatic heterocycles.